The van der Waals surface area contributed by atoms with E-state index in [0.717, 1.165) is 5.56 Å². The molecular weight excluding hydrogens is 444 g/mol. The van der Waals surface area contributed by atoms with E-state index in [9.17, 15) is 9.59 Å². The van der Waals surface area contributed by atoms with Crippen molar-refractivity contribution in [1.82, 2.24) is 0 Å². The Morgan fingerprint density at radius 3 is 2.11 bits per heavy atom. The third-order valence-electron chi connectivity index (χ3n) is 5.90. The Bertz CT molecular complexity index is 1300. The van der Waals surface area contributed by atoms with Crippen molar-refractivity contribution in [1.29, 1.82) is 0 Å². The van der Waals surface area contributed by atoms with Gasteiger partial charge in [0.1, 0.15) is 23.0 Å². The molecule has 0 fully saturated rings. The number of benzene rings is 3. The van der Waals surface area contributed by atoms with Crippen molar-refractivity contribution in [2.45, 2.75) is 33.1 Å². The molecule has 0 radical (unpaired) electrons. The molecule has 35 heavy (non-hydrogen) atoms. The lowest BCUT2D eigenvalue weighted by atomic mass is 9.86. The number of esters is 1. The van der Waals surface area contributed by atoms with Gasteiger partial charge in [-0.05, 0) is 53.8 Å². The van der Waals surface area contributed by atoms with Gasteiger partial charge in [-0.2, -0.15) is 0 Å². The van der Waals surface area contributed by atoms with E-state index in [0.29, 0.717) is 34.1 Å². The number of allylic oxidation sites excluding steroid dienone is 1. The summed E-state index contributed by atoms with van der Waals surface area (Å²) < 4.78 is 22.0. The molecule has 180 valence electrons. The summed E-state index contributed by atoms with van der Waals surface area (Å²) in [5, 5.41) is 0. The lowest BCUT2D eigenvalue weighted by Crippen LogP contribution is -2.10. The van der Waals surface area contributed by atoms with Gasteiger partial charge in [0.25, 0.3) is 0 Å². The van der Waals surface area contributed by atoms with Crippen LogP contribution in [-0.2, 0) is 5.41 Å². The molecule has 4 rings (SSSR count). The molecule has 3 aromatic carbocycles. The van der Waals surface area contributed by atoms with E-state index in [-0.39, 0.29) is 22.5 Å². The minimum absolute atomic E-state index is 0.0442. The highest BCUT2D eigenvalue weighted by Gasteiger charge is 2.30. The third-order valence-corrected chi connectivity index (χ3v) is 5.90. The summed E-state index contributed by atoms with van der Waals surface area (Å²) in [6, 6.07) is 16.1. The molecule has 6 heteroatoms. The predicted molar refractivity (Wildman–Crippen MR) is 134 cm³/mol. The van der Waals surface area contributed by atoms with Crippen LogP contribution >= 0.6 is 0 Å². The minimum atomic E-state index is -0.579. The Morgan fingerprint density at radius 2 is 1.54 bits per heavy atom. The molecule has 3 aromatic rings. The molecule has 0 bridgehead atoms. The van der Waals surface area contributed by atoms with E-state index in [1.165, 1.54) is 19.8 Å². The van der Waals surface area contributed by atoms with Crippen LogP contribution in [0.3, 0.4) is 0 Å². The SMILES string of the molecule is COc1cc(OC)cc(C(=O)Oc2ccc3c(c2C)O/C(=C\c2ccc(C(C)(C)C)cc2)C3=O)c1. The molecule has 0 unspecified atom stereocenters. The zero-order chi connectivity index (χ0) is 25.3. The number of ketones is 1. The van der Waals surface area contributed by atoms with Crippen molar-refractivity contribution in [2.24, 2.45) is 0 Å². The Kier molecular flexibility index (Phi) is 6.39. The van der Waals surface area contributed by atoms with Crippen molar-refractivity contribution in [3.63, 3.8) is 0 Å². The molecule has 0 spiro atoms. The van der Waals surface area contributed by atoms with E-state index < -0.39 is 5.97 Å². The minimum Gasteiger partial charge on any atom is -0.497 e. The van der Waals surface area contributed by atoms with Crippen LogP contribution in [0.15, 0.2) is 60.4 Å². The van der Waals surface area contributed by atoms with Gasteiger partial charge in [-0.25, -0.2) is 4.79 Å². The van der Waals surface area contributed by atoms with Gasteiger partial charge in [0.15, 0.2) is 5.76 Å². The van der Waals surface area contributed by atoms with Gasteiger partial charge in [-0.1, -0.05) is 45.0 Å². The van der Waals surface area contributed by atoms with E-state index in [4.69, 9.17) is 18.9 Å². The van der Waals surface area contributed by atoms with E-state index in [1.54, 1.807) is 43.3 Å². The maximum atomic E-state index is 12.9. The fraction of sp³-hybridized carbons (Fsp3) is 0.241. The lowest BCUT2D eigenvalue weighted by Gasteiger charge is -2.18. The predicted octanol–water partition coefficient (Wildman–Crippen LogP) is 6.15. The molecule has 0 saturated heterocycles. The first-order chi connectivity index (χ1) is 16.6. The van der Waals surface area contributed by atoms with Crippen molar-refractivity contribution in [2.75, 3.05) is 14.2 Å². The smallest absolute Gasteiger partial charge is 0.343 e. The molecule has 0 N–H and O–H groups in total. The first kappa shape index (κ1) is 24.1. The van der Waals surface area contributed by atoms with Crippen LogP contribution in [0.1, 0.15) is 58.2 Å². The fourth-order valence-corrected chi connectivity index (χ4v) is 3.79. The zero-order valence-corrected chi connectivity index (χ0v) is 20.7. The number of hydrogen-bond donors (Lipinski definition) is 0. The highest BCUT2D eigenvalue weighted by Crippen LogP contribution is 2.39. The standard InChI is InChI=1S/C29H28O6/c1-17-24(35-28(31)19-14-21(32-5)16-22(15-19)33-6)12-11-23-26(30)25(34-27(17)23)13-18-7-9-20(10-8-18)29(2,3)4/h7-16H,1-6H3/b25-13-. The Morgan fingerprint density at radius 1 is 0.914 bits per heavy atom. The van der Waals surface area contributed by atoms with Gasteiger partial charge in [0, 0.05) is 11.6 Å². The molecule has 0 aliphatic carbocycles. The number of methoxy groups -OCH3 is 2. The molecule has 0 atom stereocenters. The van der Waals surface area contributed by atoms with Crippen LogP contribution < -0.4 is 18.9 Å². The van der Waals surface area contributed by atoms with Crippen molar-refractivity contribution >= 4 is 17.8 Å². The Balaban J connectivity index is 1.58. The second kappa shape index (κ2) is 9.29. The van der Waals surface area contributed by atoms with E-state index in [1.807, 2.05) is 12.1 Å². The maximum absolute atomic E-state index is 12.9. The summed E-state index contributed by atoms with van der Waals surface area (Å²) >= 11 is 0. The summed E-state index contributed by atoms with van der Waals surface area (Å²) in [4.78, 5) is 25.8. The van der Waals surface area contributed by atoms with Crippen molar-refractivity contribution in [3.05, 3.63) is 88.2 Å². The van der Waals surface area contributed by atoms with Crippen LogP contribution in [0.2, 0.25) is 0 Å². The van der Waals surface area contributed by atoms with E-state index in [2.05, 4.69) is 32.9 Å². The van der Waals surface area contributed by atoms with Gasteiger partial charge < -0.3 is 18.9 Å². The number of carbonyl (C=O) groups excluding carboxylic acids is 2. The molecule has 6 nitrogen and oxygen atoms in total. The largest absolute Gasteiger partial charge is 0.497 e. The molecule has 0 aromatic heterocycles. The van der Waals surface area contributed by atoms with Crippen molar-refractivity contribution in [3.8, 4) is 23.0 Å². The second-order valence-corrected chi connectivity index (χ2v) is 9.37. The highest BCUT2D eigenvalue weighted by atomic mass is 16.5. The maximum Gasteiger partial charge on any atom is 0.343 e. The normalized spacial score (nSPS) is 13.9. The fourth-order valence-electron chi connectivity index (χ4n) is 3.79. The lowest BCUT2D eigenvalue weighted by molar-refractivity contribution is 0.0732. The molecule has 0 amide bonds. The summed E-state index contributed by atoms with van der Waals surface area (Å²) in [5.41, 5.74) is 3.39. The zero-order valence-electron chi connectivity index (χ0n) is 20.7. The van der Waals surface area contributed by atoms with Gasteiger partial charge in [-0.3, -0.25) is 4.79 Å². The molecule has 1 aliphatic heterocycles. The van der Waals surface area contributed by atoms with Gasteiger partial charge in [0.2, 0.25) is 5.78 Å². The second-order valence-electron chi connectivity index (χ2n) is 9.37. The van der Waals surface area contributed by atoms with Crippen LogP contribution in [0.5, 0.6) is 23.0 Å². The van der Waals surface area contributed by atoms with E-state index >= 15 is 0 Å². The molecule has 1 heterocycles. The van der Waals surface area contributed by atoms with Gasteiger partial charge >= 0.3 is 5.97 Å². The van der Waals surface area contributed by atoms with Crippen LogP contribution in [-0.4, -0.2) is 26.0 Å². The summed E-state index contributed by atoms with van der Waals surface area (Å²) in [6.07, 6.45) is 1.72. The molecular formula is C29H28O6. The molecule has 1 aliphatic rings. The number of carbonyl (C=O) groups is 2. The monoisotopic (exact) mass is 472 g/mol. The van der Waals surface area contributed by atoms with Crippen molar-refractivity contribution < 1.29 is 28.5 Å². The number of hydrogen-bond acceptors (Lipinski definition) is 6. The summed E-state index contributed by atoms with van der Waals surface area (Å²) in [6.45, 7) is 8.21. The average Bonchev–Trinajstić information content (AvgIpc) is 3.16. The number of fused-ring (bicyclic) bond motifs is 1. The number of rotatable bonds is 5. The van der Waals surface area contributed by atoms with Crippen LogP contribution in [0, 0.1) is 6.92 Å². The Labute approximate surface area is 205 Å². The molecule has 0 saturated carbocycles. The van der Waals surface area contributed by atoms with Crippen LogP contribution in [0.25, 0.3) is 6.08 Å². The van der Waals surface area contributed by atoms with Gasteiger partial charge in [-0.15, -0.1) is 0 Å². The quantitative estimate of drug-likeness (QED) is 0.252. The highest BCUT2D eigenvalue weighted by molar-refractivity contribution is 6.15. The first-order valence-corrected chi connectivity index (χ1v) is 11.2. The average molecular weight is 473 g/mol. The van der Waals surface area contributed by atoms with Crippen LogP contribution in [0.4, 0.5) is 0 Å². The third kappa shape index (κ3) is 4.92. The Hall–Kier alpha value is -4.06. The summed E-state index contributed by atoms with van der Waals surface area (Å²) in [7, 11) is 3.01. The summed E-state index contributed by atoms with van der Waals surface area (Å²) in [5.74, 6) is 1.08. The number of Topliss-reactive ketones (excluding diaryl/α,β-unsaturated/α-hetero) is 1. The topological polar surface area (TPSA) is 71.1 Å². The number of ether oxygens (including phenoxy) is 4. The first-order valence-electron chi connectivity index (χ1n) is 11.2. The van der Waals surface area contributed by atoms with Gasteiger partial charge in [0.05, 0.1) is 25.3 Å².